The molecule has 0 unspecified atom stereocenters. The van der Waals surface area contributed by atoms with Crippen molar-refractivity contribution in [2.45, 2.75) is 25.9 Å². The zero-order valence-electron chi connectivity index (χ0n) is 11.2. The lowest BCUT2D eigenvalue weighted by molar-refractivity contribution is 0.0620. The lowest BCUT2D eigenvalue weighted by Gasteiger charge is -2.31. The fourth-order valence-electron chi connectivity index (χ4n) is 2.08. The third-order valence-corrected chi connectivity index (χ3v) is 2.94. The summed E-state index contributed by atoms with van der Waals surface area (Å²) in [6.45, 7) is 4.53. The largest absolute Gasteiger partial charge is 0.487 e. The number of ether oxygens (including phenoxy) is 1. The Hall–Kier alpha value is -1.88. The van der Waals surface area contributed by atoms with Gasteiger partial charge in [-0.05, 0) is 32.0 Å². The first kappa shape index (κ1) is 13.5. The zero-order valence-corrected chi connectivity index (χ0v) is 11.2. The van der Waals surface area contributed by atoms with E-state index >= 15 is 0 Å². The summed E-state index contributed by atoms with van der Waals surface area (Å²) in [7, 11) is 0. The summed E-state index contributed by atoms with van der Waals surface area (Å²) in [5.74, 6) is 0.308. The summed E-state index contributed by atoms with van der Waals surface area (Å²) in [5.41, 5.74) is 5.76. The van der Waals surface area contributed by atoms with Crippen molar-refractivity contribution < 1.29 is 14.3 Å². The highest BCUT2D eigenvalue weighted by Crippen LogP contribution is 2.33. The van der Waals surface area contributed by atoms with Gasteiger partial charge >= 0.3 is 0 Å². The molecule has 2 rings (SSSR count). The number of benzene rings is 1. The van der Waals surface area contributed by atoms with Gasteiger partial charge in [-0.15, -0.1) is 0 Å². The molecular weight excluding hydrogens is 244 g/mol. The molecule has 0 saturated heterocycles. The van der Waals surface area contributed by atoms with E-state index in [2.05, 4.69) is 5.32 Å². The fourth-order valence-corrected chi connectivity index (χ4v) is 2.08. The molecule has 5 heteroatoms. The topological polar surface area (TPSA) is 81.4 Å². The molecule has 1 aromatic rings. The molecule has 0 saturated carbocycles. The maximum Gasteiger partial charge on any atom is 0.251 e. The number of fused-ring (bicyclic) bond motifs is 1. The van der Waals surface area contributed by atoms with Crippen molar-refractivity contribution in [2.24, 2.45) is 5.73 Å². The Kier molecular flexibility index (Phi) is 3.57. The third kappa shape index (κ3) is 2.93. The minimum Gasteiger partial charge on any atom is -0.487 e. The fraction of sp³-hybridized carbons (Fsp3) is 0.429. The SMILES string of the molecule is CC1(C)CC(=O)c2cc(C(=O)NCCN)ccc2O1. The van der Waals surface area contributed by atoms with Gasteiger partial charge in [0.2, 0.25) is 0 Å². The summed E-state index contributed by atoms with van der Waals surface area (Å²) >= 11 is 0. The molecule has 0 aliphatic carbocycles. The zero-order chi connectivity index (χ0) is 14.0. The van der Waals surface area contributed by atoms with Crippen LogP contribution in [0.3, 0.4) is 0 Å². The van der Waals surface area contributed by atoms with Gasteiger partial charge in [-0.25, -0.2) is 0 Å². The number of nitrogens with one attached hydrogen (secondary N) is 1. The summed E-state index contributed by atoms with van der Waals surface area (Å²) in [6, 6.07) is 4.91. The number of rotatable bonds is 3. The van der Waals surface area contributed by atoms with E-state index in [9.17, 15) is 9.59 Å². The number of amides is 1. The quantitative estimate of drug-likeness (QED) is 0.855. The van der Waals surface area contributed by atoms with Crippen LogP contribution in [0.25, 0.3) is 0 Å². The second kappa shape index (κ2) is 5.01. The van der Waals surface area contributed by atoms with Gasteiger partial charge in [-0.2, -0.15) is 0 Å². The van der Waals surface area contributed by atoms with Crippen molar-refractivity contribution in [3.8, 4) is 5.75 Å². The van der Waals surface area contributed by atoms with Crippen LogP contribution in [0.2, 0.25) is 0 Å². The van der Waals surface area contributed by atoms with Crippen LogP contribution in [0.4, 0.5) is 0 Å². The number of carbonyl (C=O) groups is 2. The molecule has 0 bridgehead atoms. The number of carbonyl (C=O) groups excluding carboxylic acids is 2. The van der Waals surface area contributed by atoms with Gasteiger partial charge in [0.15, 0.2) is 5.78 Å². The molecule has 0 radical (unpaired) electrons. The molecule has 1 heterocycles. The minimum absolute atomic E-state index is 0.000255. The Balaban J connectivity index is 2.27. The Labute approximate surface area is 112 Å². The van der Waals surface area contributed by atoms with Gasteiger partial charge in [-0.1, -0.05) is 0 Å². The van der Waals surface area contributed by atoms with E-state index in [-0.39, 0.29) is 11.7 Å². The molecule has 1 aliphatic heterocycles. The highest BCUT2D eigenvalue weighted by molar-refractivity contribution is 6.03. The van der Waals surface area contributed by atoms with Crippen molar-refractivity contribution in [3.05, 3.63) is 29.3 Å². The molecule has 0 aromatic heterocycles. The van der Waals surface area contributed by atoms with Crippen molar-refractivity contribution in [1.29, 1.82) is 0 Å². The number of nitrogens with two attached hydrogens (primary N) is 1. The second-order valence-corrected chi connectivity index (χ2v) is 5.22. The van der Waals surface area contributed by atoms with E-state index in [4.69, 9.17) is 10.5 Å². The lowest BCUT2D eigenvalue weighted by Crippen LogP contribution is -2.36. The number of hydrogen-bond acceptors (Lipinski definition) is 4. The van der Waals surface area contributed by atoms with E-state index in [0.717, 1.165) is 0 Å². The number of hydrogen-bond donors (Lipinski definition) is 2. The van der Waals surface area contributed by atoms with Crippen molar-refractivity contribution >= 4 is 11.7 Å². The average molecular weight is 262 g/mol. The summed E-state index contributed by atoms with van der Waals surface area (Å²) in [6.07, 6.45) is 0.313. The third-order valence-electron chi connectivity index (χ3n) is 2.94. The predicted octanol–water partition coefficient (Wildman–Crippen LogP) is 1.12. The average Bonchev–Trinajstić information content (AvgIpc) is 2.34. The van der Waals surface area contributed by atoms with Crippen molar-refractivity contribution in [1.82, 2.24) is 5.32 Å². The van der Waals surface area contributed by atoms with Gasteiger partial charge in [-0.3, -0.25) is 9.59 Å². The predicted molar refractivity (Wildman–Crippen MR) is 71.5 cm³/mol. The molecule has 102 valence electrons. The molecule has 5 nitrogen and oxygen atoms in total. The van der Waals surface area contributed by atoms with Gasteiger partial charge in [0.1, 0.15) is 11.4 Å². The standard InChI is InChI=1S/C14H18N2O3/c1-14(2)8-11(17)10-7-9(3-4-12(10)19-14)13(18)16-6-5-15/h3-4,7H,5-6,8,15H2,1-2H3,(H,16,18). The van der Waals surface area contributed by atoms with E-state index in [0.29, 0.717) is 36.4 Å². The number of Topliss-reactive ketones (excluding diaryl/α,β-unsaturated/α-hetero) is 1. The van der Waals surface area contributed by atoms with Gasteiger partial charge in [0, 0.05) is 18.7 Å². The molecule has 1 amide bonds. The molecule has 0 spiro atoms. The van der Waals surface area contributed by atoms with Crippen LogP contribution in [0.5, 0.6) is 5.75 Å². The highest BCUT2D eigenvalue weighted by Gasteiger charge is 2.32. The number of ketones is 1. The highest BCUT2D eigenvalue weighted by atomic mass is 16.5. The summed E-state index contributed by atoms with van der Waals surface area (Å²) in [4.78, 5) is 23.9. The van der Waals surface area contributed by atoms with Crippen LogP contribution in [-0.2, 0) is 0 Å². The van der Waals surface area contributed by atoms with Crippen LogP contribution in [0.15, 0.2) is 18.2 Å². The maximum absolute atomic E-state index is 12.1. The van der Waals surface area contributed by atoms with E-state index in [1.165, 1.54) is 0 Å². The van der Waals surface area contributed by atoms with Gasteiger partial charge in [0.25, 0.3) is 5.91 Å². The molecular formula is C14H18N2O3. The molecule has 1 aliphatic rings. The van der Waals surface area contributed by atoms with Crippen LogP contribution < -0.4 is 15.8 Å². The maximum atomic E-state index is 12.1. The van der Waals surface area contributed by atoms with Crippen molar-refractivity contribution in [2.75, 3.05) is 13.1 Å². The molecule has 0 fully saturated rings. The Morgan fingerprint density at radius 2 is 2.21 bits per heavy atom. The minimum atomic E-state index is -0.493. The lowest BCUT2D eigenvalue weighted by atomic mass is 9.92. The Morgan fingerprint density at radius 1 is 1.47 bits per heavy atom. The van der Waals surface area contributed by atoms with Crippen LogP contribution in [-0.4, -0.2) is 30.4 Å². The Morgan fingerprint density at radius 3 is 2.89 bits per heavy atom. The monoisotopic (exact) mass is 262 g/mol. The normalized spacial score (nSPS) is 16.5. The molecule has 19 heavy (non-hydrogen) atoms. The van der Waals surface area contributed by atoms with Gasteiger partial charge < -0.3 is 15.8 Å². The van der Waals surface area contributed by atoms with Crippen molar-refractivity contribution in [3.63, 3.8) is 0 Å². The van der Waals surface area contributed by atoms with Crippen LogP contribution >= 0.6 is 0 Å². The van der Waals surface area contributed by atoms with Crippen LogP contribution in [0.1, 0.15) is 41.0 Å². The molecule has 0 atom stereocenters. The van der Waals surface area contributed by atoms with Crippen LogP contribution in [0, 0.1) is 0 Å². The molecule has 3 N–H and O–H groups in total. The first-order chi connectivity index (χ1) is 8.93. The second-order valence-electron chi connectivity index (χ2n) is 5.22. The van der Waals surface area contributed by atoms with E-state index < -0.39 is 5.60 Å². The first-order valence-corrected chi connectivity index (χ1v) is 6.27. The van der Waals surface area contributed by atoms with E-state index in [1.54, 1.807) is 18.2 Å². The first-order valence-electron chi connectivity index (χ1n) is 6.27. The van der Waals surface area contributed by atoms with Gasteiger partial charge in [0.05, 0.1) is 12.0 Å². The summed E-state index contributed by atoms with van der Waals surface area (Å²) in [5, 5.41) is 2.67. The van der Waals surface area contributed by atoms with E-state index in [1.807, 2.05) is 13.8 Å². The molecule has 1 aromatic carbocycles. The smallest absolute Gasteiger partial charge is 0.251 e. The summed E-state index contributed by atoms with van der Waals surface area (Å²) < 4.78 is 5.73. The Bertz CT molecular complexity index is 523.